The lowest BCUT2D eigenvalue weighted by Gasteiger charge is -2.09. The highest BCUT2D eigenvalue weighted by molar-refractivity contribution is 5.78. The van der Waals surface area contributed by atoms with Crippen molar-refractivity contribution in [3.05, 3.63) is 29.6 Å². The molecule has 1 atom stereocenters. The second-order valence-corrected chi connectivity index (χ2v) is 4.31. The molecular weight excluding hydrogens is 198 g/mol. The lowest BCUT2D eigenvalue weighted by Crippen LogP contribution is -2.13. The molecule has 0 saturated heterocycles. The molecule has 0 fully saturated rings. The Kier molecular flexibility index (Phi) is 3.25. The summed E-state index contributed by atoms with van der Waals surface area (Å²) in [6, 6.07) is 6.21. The summed E-state index contributed by atoms with van der Waals surface area (Å²) < 4.78 is 0. The number of aromatic amines is 1. The molecule has 1 unspecified atom stereocenters. The minimum atomic E-state index is 0.358. The number of nitrogens with zero attached hydrogens (tertiary/aromatic N) is 1. The number of H-pyrrole nitrogens is 1. The summed E-state index contributed by atoms with van der Waals surface area (Å²) in [7, 11) is 0. The number of aromatic nitrogens is 2. The number of aryl methyl sites for hydroxylation is 1. The zero-order valence-electron chi connectivity index (χ0n) is 9.96. The molecule has 3 nitrogen and oxygen atoms in total. The van der Waals surface area contributed by atoms with Gasteiger partial charge in [0.05, 0.1) is 11.0 Å². The van der Waals surface area contributed by atoms with E-state index in [1.54, 1.807) is 0 Å². The summed E-state index contributed by atoms with van der Waals surface area (Å²) in [5.41, 5.74) is 9.20. The summed E-state index contributed by atoms with van der Waals surface area (Å²) in [5.74, 6) is 1.39. The predicted molar refractivity (Wildman–Crippen MR) is 67.5 cm³/mol. The lowest BCUT2D eigenvalue weighted by molar-refractivity contribution is 0.596. The van der Waals surface area contributed by atoms with Crippen LogP contribution in [0.15, 0.2) is 18.2 Å². The Morgan fingerprint density at radius 3 is 2.88 bits per heavy atom. The van der Waals surface area contributed by atoms with Gasteiger partial charge in [0.1, 0.15) is 5.82 Å². The molecule has 1 aromatic heterocycles. The molecule has 3 heteroatoms. The number of hydrogen-bond donors (Lipinski definition) is 2. The van der Waals surface area contributed by atoms with Crippen LogP contribution < -0.4 is 5.73 Å². The number of benzene rings is 1. The topological polar surface area (TPSA) is 54.7 Å². The quantitative estimate of drug-likeness (QED) is 0.827. The number of imidazole rings is 1. The molecule has 1 aromatic carbocycles. The van der Waals surface area contributed by atoms with Crippen LogP contribution in [0.1, 0.15) is 37.1 Å². The van der Waals surface area contributed by atoms with E-state index in [1.807, 2.05) is 0 Å². The van der Waals surface area contributed by atoms with Gasteiger partial charge in [0.25, 0.3) is 0 Å². The molecule has 0 aliphatic carbocycles. The van der Waals surface area contributed by atoms with Crippen LogP contribution in [-0.2, 0) is 0 Å². The Hall–Kier alpha value is -1.35. The van der Waals surface area contributed by atoms with Crippen molar-refractivity contribution in [2.75, 3.05) is 6.54 Å². The molecule has 3 N–H and O–H groups in total. The molecule has 0 saturated carbocycles. The van der Waals surface area contributed by atoms with E-state index in [1.165, 1.54) is 5.56 Å². The minimum Gasteiger partial charge on any atom is -0.342 e. The van der Waals surface area contributed by atoms with E-state index >= 15 is 0 Å². The molecule has 0 aliphatic heterocycles. The summed E-state index contributed by atoms with van der Waals surface area (Å²) in [5, 5.41) is 0. The number of nitrogens with one attached hydrogen (secondary N) is 1. The van der Waals surface area contributed by atoms with Crippen molar-refractivity contribution in [3.8, 4) is 0 Å². The zero-order valence-corrected chi connectivity index (χ0v) is 9.96. The minimum absolute atomic E-state index is 0.358. The van der Waals surface area contributed by atoms with Gasteiger partial charge in [-0.25, -0.2) is 4.98 Å². The molecule has 2 rings (SSSR count). The van der Waals surface area contributed by atoms with Gasteiger partial charge >= 0.3 is 0 Å². The van der Waals surface area contributed by atoms with Crippen LogP contribution in [0.25, 0.3) is 11.0 Å². The van der Waals surface area contributed by atoms with Gasteiger partial charge in [-0.2, -0.15) is 0 Å². The monoisotopic (exact) mass is 217 g/mol. The molecule has 2 aromatic rings. The normalized spacial score (nSPS) is 13.2. The standard InChI is InChI=1S/C13H19N3/c1-3-5-10(8-14)13-15-11-7-4-6-9(2)12(11)16-13/h4,6-7,10H,3,5,8,14H2,1-2H3,(H,15,16). The molecule has 1 heterocycles. The Bertz CT molecular complexity index is 473. The zero-order chi connectivity index (χ0) is 11.5. The number of para-hydroxylation sites is 1. The Morgan fingerprint density at radius 1 is 1.44 bits per heavy atom. The maximum atomic E-state index is 5.79. The van der Waals surface area contributed by atoms with Crippen LogP contribution in [-0.4, -0.2) is 16.5 Å². The second kappa shape index (κ2) is 4.66. The Morgan fingerprint density at radius 2 is 2.25 bits per heavy atom. The molecule has 0 amide bonds. The summed E-state index contributed by atoms with van der Waals surface area (Å²) in [6.07, 6.45) is 2.23. The highest BCUT2D eigenvalue weighted by atomic mass is 14.9. The van der Waals surface area contributed by atoms with E-state index < -0.39 is 0 Å². The molecule has 0 bridgehead atoms. The van der Waals surface area contributed by atoms with Gasteiger partial charge in [-0.15, -0.1) is 0 Å². The summed E-state index contributed by atoms with van der Waals surface area (Å²) in [4.78, 5) is 8.05. The molecule has 86 valence electrons. The Balaban J connectivity index is 2.42. The third-order valence-electron chi connectivity index (χ3n) is 3.04. The van der Waals surface area contributed by atoms with Crippen molar-refractivity contribution in [2.24, 2.45) is 5.73 Å². The van der Waals surface area contributed by atoms with Crippen molar-refractivity contribution in [1.29, 1.82) is 0 Å². The van der Waals surface area contributed by atoms with E-state index in [-0.39, 0.29) is 0 Å². The summed E-state index contributed by atoms with van der Waals surface area (Å²) in [6.45, 7) is 4.92. The van der Waals surface area contributed by atoms with Gasteiger partial charge in [-0.1, -0.05) is 25.5 Å². The van der Waals surface area contributed by atoms with E-state index in [2.05, 4.69) is 42.0 Å². The number of hydrogen-bond acceptors (Lipinski definition) is 2. The smallest absolute Gasteiger partial charge is 0.111 e. The summed E-state index contributed by atoms with van der Waals surface area (Å²) >= 11 is 0. The van der Waals surface area contributed by atoms with Crippen LogP contribution in [0.5, 0.6) is 0 Å². The van der Waals surface area contributed by atoms with Crippen molar-refractivity contribution in [3.63, 3.8) is 0 Å². The third-order valence-corrected chi connectivity index (χ3v) is 3.04. The van der Waals surface area contributed by atoms with Gasteiger partial charge in [0.15, 0.2) is 0 Å². The first-order valence-electron chi connectivity index (χ1n) is 5.91. The second-order valence-electron chi connectivity index (χ2n) is 4.31. The van der Waals surface area contributed by atoms with E-state index in [0.717, 1.165) is 29.7 Å². The van der Waals surface area contributed by atoms with Crippen molar-refractivity contribution >= 4 is 11.0 Å². The molecule has 16 heavy (non-hydrogen) atoms. The van der Waals surface area contributed by atoms with Crippen LogP contribution in [0.3, 0.4) is 0 Å². The average Bonchev–Trinajstić information content (AvgIpc) is 2.71. The van der Waals surface area contributed by atoms with Gasteiger partial charge < -0.3 is 10.7 Å². The maximum absolute atomic E-state index is 5.79. The van der Waals surface area contributed by atoms with Gasteiger partial charge in [-0.05, 0) is 25.0 Å². The van der Waals surface area contributed by atoms with E-state index in [0.29, 0.717) is 12.5 Å². The fourth-order valence-electron chi connectivity index (χ4n) is 2.10. The number of fused-ring (bicyclic) bond motifs is 1. The van der Waals surface area contributed by atoms with Crippen LogP contribution in [0, 0.1) is 6.92 Å². The van der Waals surface area contributed by atoms with Crippen LogP contribution in [0.2, 0.25) is 0 Å². The third kappa shape index (κ3) is 1.95. The van der Waals surface area contributed by atoms with Gasteiger partial charge in [-0.3, -0.25) is 0 Å². The fraction of sp³-hybridized carbons (Fsp3) is 0.462. The largest absolute Gasteiger partial charge is 0.342 e. The highest BCUT2D eigenvalue weighted by Gasteiger charge is 2.13. The van der Waals surface area contributed by atoms with Crippen molar-refractivity contribution in [2.45, 2.75) is 32.6 Å². The number of nitrogens with two attached hydrogens (primary N) is 1. The first-order valence-corrected chi connectivity index (χ1v) is 5.91. The van der Waals surface area contributed by atoms with Gasteiger partial charge in [0, 0.05) is 12.5 Å². The maximum Gasteiger partial charge on any atom is 0.111 e. The number of rotatable bonds is 4. The van der Waals surface area contributed by atoms with Crippen LogP contribution in [0.4, 0.5) is 0 Å². The first-order chi connectivity index (χ1) is 7.76. The first kappa shape index (κ1) is 11.1. The fourth-order valence-corrected chi connectivity index (χ4v) is 2.10. The van der Waals surface area contributed by atoms with Crippen molar-refractivity contribution < 1.29 is 0 Å². The van der Waals surface area contributed by atoms with E-state index in [4.69, 9.17) is 5.73 Å². The van der Waals surface area contributed by atoms with Crippen molar-refractivity contribution in [1.82, 2.24) is 9.97 Å². The van der Waals surface area contributed by atoms with Gasteiger partial charge in [0.2, 0.25) is 0 Å². The Labute approximate surface area is 96.1 Å². The lowest BCUT2D eigenvalue weighted by atomic mass is 10.0. The molecule has 0 aliphatic rings. The van der Waals surface area contributed by atoms with E-state index in [9.17, 15) is 0 Å². The van der Waals surface area contributed by atoms with Crippen LogP contribution >= 0.6 is 0 Å². The molecular formula is C13H19N3. The predicted octanol–water partition coefficient (Wildman–Crippen LogP) is 2.71. The molecule has 0 spiro atoms. The molecule has 0 radical (unpaired) electrons. The highest BCUT2D eigenvalue weighted by Crippen LogP contribution is 2.22. The SMILES string of the molecule is CCCC(CN)c1nc2c(C)cccc2[nH]1. The average molecular weight is 217 g/mol.